The highest BCUT2D eigenvalue weighted by atomic mass is 32.2. The minimum Gasteiger partial charge on any atom is -0.325 e. The van der Waals surface area contributed by atoms with Gasteiger partial charge in [0, 0.05) is 28.9 Å². The van der Waals surface area contributed by atoms with Crippen molar-refractivity contribution in [2.75, 3.05) is 16.8 Å². The Labute approximate surface area is 261 Å². The second-order valence-corrected chi connectivity index (χ2v) is 14.6. The topological polar surface area (TPSA) is 120 Å². The molecule has 1 aliphatic rings. The minimum absolute atomic E-state index is 0.0186. The monoisotopic (exact) mass is 645 g/mol. The van der Waals surface area contributed by atoms with Gasteiger partial charge in [-0.2, -0.15) is 0 Å². The molecule has 1 amide bonds. The number of hydrogen-bond acceptors (Lipinski definition) is 10. The zero-order valence-electron chi connectivity index (χ0n) is 22.6. The molecule has 3 aromatic heterocycles. The number of non-ortho nitro benzene ring substituents is 1. The molecule has 1 aliphatic carbocycles. The Kier molecular flexibility index (Phi) is 7.63. The van der Waals surface area contributed by atoms with Gasteiger partial charge in [0.1, 0.15) is 0 Å². The number of nitro benzene ring substituents is 1. The lowest BCUT2D eigenvalue weighted by Crippen LogP contribution is -2.18. The molecular weight excluding hydrogens is 623 g/mol. The Morgan fingerprint density at radius 3 is 2.40 bits per heavy atom. The van der Waals surface area contributed by atoms with Crippen molar-refractivity contribution in [1.82, 2.24) is 14.5 Å². The Morgan fingerprint density at radius 2 is 1.60 bits per heavy atom. The average Bonchev–Trinajstić information content (AvgIpc) is 3.71. The van der Waals surface area contributed by atoms with Gasteiger partial charge in [-0.25, -0.2) is 9.97 Å². The number of carbonyl (C=O) groups excluding carboxylic acids is 2. The number of nitrogens with zero attached hydrogens (tertiary/aromatic N) is 4. The molecule has 0 unspecified atom stereocenters. The molecule has 0 aliphatic heterocycles. The van der Waals surface area contributed by atoms with Gasteiger partial charge in [-0.15, -0.1) is 22.7 Å². The Bertz CT molecular complexity index is 2060. The summed E-state index contributed by atoms with van der Waals surface area (Å²) >= 11 is 5.57. The van der Waals surface area contributed by atoms with Crippen LogP contribution < -0.4 is 5.32 Å². The van der Waals surface area contributed by atoms with Crippen LogP contribution in [0.4, 0.5) is 11.4 Å². The average molecular weight is 646 g/mol. The Morgan fingerprint density at radius 1 is 0.907 bits per heavy atom. The minimum atomic E-state index is -0.433. The van der Waals surface area contributed by atoms with Crippen LogP contribution in [0.15, 0.2) is 69.3 Å². The van der Waals surface area contributed by atoms with Crippen LogP contribution in [0.25, 0.3) is 31.3 Å². The number of amides is 1. The van der Waals surface area contributed by atoms with Crippen LogP contribution in [0.3, 0.4) is 0 Å². The number of thiazole rings is 2. The third kappa shape index (κ3) is 5.65. The summed E-state index contributed by atoms with van der Waals surface area (Å²) in [6.07, 6.45) is 4.22. The number of fused-ring (bicyclic) bond motifs is 5. The molecule has 0 fully saturated rings. The first kappa shape index (κ1) is 28.0. The van der Waals surface area contributed by atoms with Gasteiger partial charge in [-0.3, -0.25) is 24.3 Å². The molecule has 13 heteroatoms. The molecule has 216 valence electrons. The van der Waals surface area contributed by atoms with Gasteiger partial charge in [0.25, 0.3) is 5.69 Å². The molecule has 0 bridgehead atoms. The molecule has 6 aromatic rings. The molecular formula is C30H23N5O4S4. The third-order valence-electron chi connectivity index (χ3n) is 7.29. The van der Waals surface area contributed by atoms with E-state index >= 15 is 0 Å². The normalized spacial score (nSPS) is 13.0. The van der Waals surface area contributed by atoms with Crippen molar-refractivity contribution < 1.29 is 14.5 Å². The lowest BCUT2D eigenvalue weighted by atomic mass is 9.96. The van der Waals surface area contributed by atoms with Gasteiger partial charge >= 0.3 is 0 Å². The summed E-state index contributed by atoms with van der Waals surface area (Å²) in [6.45, 7) is 0. The number of carbonyl (C=O) groups is 2. The summed E-state index contributed by atoms with van der Waals surface area (Å²) in [5.74, 6) is 0.344. The molecule has 9 nitrogen and oxygen atoms in total. The summed E-state index contributed by atoms with van der Waals surface area (Å²) in [5.41, 5.74) is 5.65. The van der Waals surface area contributed by atoms with Crippen molar-refractivity contribution in [2.45, 2.75) is 34.4 Å². The number of aromatic nitrogens is 3. The quantitative estimate of drug-likeness (QED) is 0.101. The van der Waals surface area contributed by atoms with Crippen LogP contribution >= 0.6 is 46.2 Å². The number of para-hydroxylation sites is 1. The maximum Gasteiger partial charge on any atom is 0.270 e. The largest absolute Gasteiger partial charge is 0.325 e. The molecule has 43 heavy (non-hydrogen) atoms. The molecule has 3 heterocycles. The predicted molar refractivity (Wildman–Crippen MR) is 175 cm³/mol. The number of nitro groups is 1. The smallest absolute Gasteiger partial charge is 0.270 e. The first-order chi connectivity index (χ1) is 20.9. The van der Waals surface area contributed by atoms with Crippen molar-refractivity contribution in [3.63, 3.8) is 0 Å². The number of aryl methyl sites for hydroxylation is 1. The number of thioether (sulfide) groups is 2. The molecule has 1 N–H and O–H groups in total. The molecule has 0 atom stereocenters. The predicted octanol–water partition coefficient (Wildman–Crippen LogP) is 7.81. The second kappa shape index (κ2) is 11.7. The van der Waals surface area contributed by atoms with Crippen molar-refractivity contribution in [3.05, 3.63) is 82.0 Å². The summed E-state index contributed by atoms with van der Waals surface area (Å²) in [7, 11) is 0. The molecule has 0 radical (unpaired) electrons. The lowest BCUT2D eigenvalue weighted by Gasteiger charge is -2.14. The number of anilines is 1. The zero-order valence-corrected chi connectivity index (χ0v) is 25.8. The standard InChI is InChI=1S/C30H23N5O4S4/c36-27(15-40-29-33-22-12-10-18(35(38)39)14-26(22)43-29)31-17-9-11-21-25(13-17)42-30(32-21)41-16-28(37)34-23-7-3-1-5-19(23)20-6-2-4-8-24(20)34/h1,3,5,7,9-14H,2,4,6,8,15-16H2,(H,31,36). The summed E-state index contributed by atoms with van der Waals surface area (Å²) < 4.78 is 5.05. The summed E-state index contributed by atoms with van der Waals surface area (Å²) in [4.78, 5) is 45.9. The Balaban J connectivity index is 0.992. The first-order valence-electron chi connectivity index (χ1n) is 13.6. The van der Waals surface area contributed by atoms with Gasteiger partial charge in [-0.1, -0.05) is 41.7 Å². The number of benzene rings is 3. The van der Waals surface area contributed by atoms with E-state index in [2.05, 4.69) is 16.4 Å². The van der Waals surface area contributed by atoms with Gasteiger partial charge in [0.15, 0.2) is 8.68 Å². The van der Waals surface area contributed by atoms with Crippen LogP contribution in [-0.4, -0.2) is 42.8 Å². The molecule has 0 saturated heterocycles. The molecule has 3 aromatic carbocycles. The molecule has 0 spiro atoms. The van der Waals surface area contributed by atoms with E-state index in [9.17, 15) is 19.7 Å². The highest BCUT2D eigenvalue weighted by Gasteiger charge is 2.23. The molecule has 7 rings (SSSR count). The van der Waals surface area contributed by atoms with Crippen LogP contribution in [0.5, 0.6) is 0 Å². The van der Waals surface area contributed by atoms with E-state index < -0.39 is 4.92 Å². The van der Waals surface area contributed by atoms with Crippen LogP contribution in [-0.2, 0) is 17.6 Å². The highest BCUT2D eigenvalue weighted by molar-refractivity contribution is 8.02. The SMILES string of the molecule is O=C(CSc1nc2ccc([N+](=O)[O-])cc2s1)Nc1ccc2nc(SCC(=O)n3c4c(c5ccccc53)CCCC4)sc2c1. The fraction of sp³-hybridized carbons (Fsp3) is 0.200. The maximum absolute atomic E-state index is 13.5. The van der Waals surface area contributed by atoms with E-state index in [1.165, 1.54) is 69.3 Å². The van der Waals surface area contributed by atoms with Gasteiger partial charge in [-0.05, 0) is 61.6 Å². The van der Waals surface area contributed by atoms with Crippen molar-refractivity contribution >= 4 is 101 Å². The maximum atomic E-state index is 13.5. The second-order valence-electron chi connectivity index (χ2n) is 10.1. The van der Waals surface area contributed by atoms with Gasteiger partial charge < -0.3 is 5.32 Å². The fourth-order valence-corrected chi connectivity index (χ4v) is 9.26. The van der Waals surface area contributed by atoms with Crippen LogP contribution in [0, 0.1) is 10.1 Å². The van der Waals surface area contributed by atoms with Gasteiger partial charge in [0.2, 0.25) is 11.8 Å². The fourth-order valence-electron chi connectivity index (χ4n) is 5.40. The van der Waals surface area contributed by atoms with E-state index in [1.807, 2.05) is 41.0 Å². The highest BCUT2D eigenvalue weighted by Crippen LogP contribution is 2.35. The van der Waals surface area contributed by atoms with Crippen LogP contribution in [0.1, 0.15) is 28.9 Å². The van der Waals surface area contributed by atoms with Gasteiger partial charge in [0.05, 0.1) is 42.4 Å². The van der Waals surface area contributed by atoms with Crippen molar-refractivity contribution in [1.29, 1.82) is 0 Å². The van der Waals surface area contributed by atoms with Crippen molar-refractivity contribution in [3.8, 4) is 0 Å². The van der Waals surface area contributed by atoms with E-state index in [-0.39, 0.29) is 23.3 Å². The lowest BCUT2D eigenvalue weighted by molar-refractivity contribution is -0.384. The number of rotatable bonds is 8. The first-order valence-corrected chi connectivity index (χ1v) is 17.2. The van der Waals surface area contributed by atoms with Crippen LogP contribution in [0.2, 0.25) is 0 Å². The van der Waals surface area contributed by atoms with E-state index in [1.54, 1.807) is 6.07 Å². The van der Waals surface area contributed by atoms with Crippen molar-refractivity contribution in [2.24, 2.45) is 0 Å². The van der Waals surface area contributed by atoms with E-state index in [4.69, 9.17) is 4.98 Å². The zero-order chi connectivity index (χ0) is 29.5. The van der Waals surface area contributed by atoms with E-state index in [0.29, 0.717) is 26.0 Å². The number of hydrogen-bond donors (Lipinski definition) is 1. The third-order valence-corrected chi connectivity index (χ3v) is 11.6. The Hall–Kier alpha value is -3.78. The number of nitrogens with one attached hydrogen (secondary N) is 1. The summed E-state index contributed by atoms with van der Waals surface area (Å²) in [5, 5.41) is 15.1. The summed E-state index contributed by atoms with van der Waals surface area (Å²) in [6, 6.07) is 18.3. The van der Waals surface area contributed by atoms with E-state index in [0.717, 1.165) is 51.5 Å². The molecule has 0 saturated carbocycles.